The van der Waals surface area contributed by atoms with Crippen LogP contribution in [-0.4, -0.2) is 0 Å². The van der Waals surface area contributed by atoms with Crippen molar-refractivity contribution in [1.29, 1.82) is 0 Å². The summed E-state index contributed by atoms with van der Waals surface area (Å²) in [6.45, 7) is 3.83. The molecule has 0 spiro atoms. The van der Waals surface area contributed by atoms with Crippen molar-refractivity contribution in [2.24, 2.45) is 0 Å². The van der Waals surface area contributed by atoms with Gasteiger partial charge in [0.25, 0.3) is 0 Å². The molecule has 4 heteroatoms. The standard InChI is InChI=1S/C13H11Br2FS/c1-7-4-3-5-9(13(7)16)12(15)11-6-10(14)8(2)17-11/h3-6,12H,1-2H3. The maximum atomic E-state index is 14.0. The largest absolute Gasteiger partial charge is 0.206 e. The highest BCUT2D eigenvalue weighted by atomic mass is 79.9. The number of hydrogen-bond acceptors (Lipinski definition) is 1. The molecule has 0 N–H and O–H groups in total. The van der Waals surface area contributed by atoms with Crippen molar-refractivity contribution in [1.82, 2.24) is 0 Å². The van der Waals surface area contributed by atoms with Gasteiger partial charge in [-0.25, -0.2) is 4.39 Å². The Kier molecular flexibility index (Phi) is 4.06. The number of hydrogen-bond donors (Lipinski definition) is 0. The molecule has 17 heavy (non-hydrogen) atoms. The number of thiophene rings is 1. The zero-order chi connectivity index (χ0) is 12.6. The van der Waals surface area contributed by atoms with Crippen LogP contribution in [0.2, 0.25) is 0 Å². The molecule has 1 aromatic heterocycles. The maximum absolute atomic E-state index is 14.0. The van der Waals surface area contributed by atoms with E-state index in [4.69, 9.17) is 0 Å². The maximum Gasteiger partial charge on any atom is 0.130 e. The van der Waals surface area contributed by atoms with E-state index in [9.17, 15) is 4.39 Å². The molecule has 0 aliphatic carbocycles. The number of aryl methyl sites for hydroxylation is 2. The second-order valence-electron chi connectivity index (χ2n) is 3.89. The predicted octanol–water partition coefficient (Wildman–Crippen LogP) is 5.75. The van der Waals surface area contributed by atoms with Crippen LogP contribution < -0.4 is 0 Å². The van der Waals surface area contributed by atoms with E-state index < -0.39 is 0 Å². The lowest BCUT2D eigenvalue weighted by Gasteiger charge is -2.10. The Morgan fingerprint density at radius 3 is 2.59 bits per heavy atom. The molecule has 2 aromatic rings. The van der Waals surface area contributed by atoms with Crippen LogP contribution in [0.5, 0.6) is 0 Å². The monoisotopic (exact) mass is 376 g/mol. The van der Waals surface area contributed by atoms with Crippen molar-refractivity contribution in [3.63, 3.8) is 0 Å². The smallest absolute Gasteiger partial charge is 0.130 e. The summed E-state index contributed by atoms with van der Waals surface area (Å²) in [5, 5.41) is 0. The minimum atomic E-state index is -0.128. The number of halogens is 3. The van der Waals surface area contributed by atoms with Crippen LogP contribution in [0, 0.1) is 19.7 Å². The van der Waals surface area contributed by atoms with E-state index in [0.717, 1.165) is 9.35 Å². The Morgan fingerprint density at radius 2 is 2.00 bits per heavy atom. The molecule has 90 valence electrons. The molecule has 1 heterocycles. The van der Waals surface area contributed by atoms with Crippen molar-refractivity contribution in [2.45, 2.75) is 18.7 Å². The molecule has 0 saturated heterocycles. The second kappa shape index (κ2) is 5.21. The lowest BCUT2D eigenvalue weighted by atomic mass is 10.1. The van der Waals surface area contributed by atoms with E-state index in [1.807, 2.05) is 25.1 Å². The van der Waals surface area contributed by atoms with Crippen LogP contribution in [0.1, 0.15) is 25.7 Å². The molecule has 0 amide bonds. The molecule has 1 unspecified atom stereocenters. The Labute approximate surface area is 121 Å². The van der Waals surface area contributed by atoms with Crippen LogP contribution in [0.25, 0.3) is 0 Å². The molecule has 0 nitrogen and oxygen atoms in total. The van der Waals surface area contributed by atoms with Crippen LogP contribution in [0.3, 0.4) is 0 Å². The summed E-state index contributed by atoms with van der Waals surface area (Å²) in [5.74, 6) is -0.128. The van der Waals surface area contributed by atoms with Gasteiger partial charge in [0, 0.05) is 19.8 Å². The fraction of sp³-hybridized carbons (Fsp3) is 0.231. The highest BCUT2D eigenvalue weighted by molar-refractivity contribution is 9.10. The number of benzene rings is 1. The van der Waals surface area contributed by atoms with Crippen molar-refractivity contribution in [3.8, 4) is 0 Å². The van der Waals surface area contributed by atoms with Crippen molar-refractivity contribution < 1.29 is 4.39 Å². The van der Waals surface area contributed by atoms with Crippen molar-refractivity contribution >= 4 is 43.2 Å². The average Bonchev–Trinajstić information content (AvgIpc) is 2.62. The molecule has 0 bridgehead atoms. The van der Waals surface area contributed by atoms with Gasteiger partial charge in [-0.3, -0.25) is 0 Å². The summed E-state index contributed by atoms with van der Waals surface area (Å²) in [5.41, 5.74) is 1.37. The molecular formula is C13H11Br2FS. The molecule has 0 radical (unpaired) electrons. The van der Waals surface area contributed by atoms with Gasteiger partial charge in [0.05, 0.1) is 4.83 Å². The van der Waals surface area contributed by atoms with Crippen molar-refractivity contribution in [3.05, 3.63) is 55.4 Å². The molecule has 1 atom stereocenters. The normalized spacial score (nSPS) is 12.8. The highest BCUT2D eigenvalue weighted by Crippen LogP contribution is 2.39. The predicted molar refractivity (Wildman–Crippen MR) is 78.7 cm³/mol. The summed E-state index contributed by atoms with van der Waals surface area (Å²) in [6, 6.07) is 7.54. The third-order valence-corrected chi connectivity index (χ3v) is 6.11. The van der Waals surface area contributed by atoms with Crippen LogP contribution in [0.4, 0.5) is 4.39 Å². The second-order valence-corrected chi connectivity index (χ2v) is 6.95. The lowest BCUT2D eigenvalue weighted by molar-refractivity contribution is 0.605. The van der Waals surface area contributed by atoms with Gasteiger partial charge in [-0.2, -0.15) is 0 Å². The van der Waals surface area contributed by atoms with Crippen LogP contribution >= 0.6 is 43.2 Å². The van der Waals surface area contributed by atoms with E-state index >= 15 is 0 Å². The van der Waals surface area contributed by atoms with E-state index in [-0.39, 0.29) is 10.6 Å². The van der Waals surface area contributed by atoms with Crippen LogP contribution in [-0.2, 0) is 0 Å². The summed E-state index contributed by atoms with van der Waals surface area (Å²) < 4.78 is 15.1. The summed E-state index contributed by atoms with van der Waals surface area (Å²) in [4.78, 5) is 2.23. The van der Waals surface area contributed by atoms with E-state index in [0.29, 0.717) is 11.1 Å². The molecule has 0 saturated carbocycles. The number of rotatable bonds is 2. The first-order valence-electron chi connectivity index (χ1n) is 5.15. The van der Waals surface area contributed by atoms with Gasteiger partial charge in [-0.15, -0.1) is 11.3 Å². The van der Waals surface area contributed by atoms with Gasteiger partial charge in [-0.05, 0) is 41.4 Å². The molecule has 0 fully saturated rings. The van der Waals surface area contributed by atoms with Gasteiger partial charge in [0.1, 0.15) is 5.82 Å². The molecule has 1 aromatic carbocycles. The Bertz CT molecular complexity index is 529. The minimum absolute atomic E-state index is 0.0857. The minimum Gasteiger partial charge on any atom is -0.206 e. The SMILES string of the molecule is Cc1cccc(C(Br)c2cc(Br)c(C)s2)c1F. The van der Waals surface area contributed by atoms with E-state index in [2.05, 4.69) is 31.9 Å². The third kappa shape index (κ3) is 2.64. The first-order valence-corrected chi connectivity index (χ1v) is 7.68. The first kappa shape index (κ1) is 13.2. The van der Waals surface area contributed by atoms with Gasteiger partial charge in [0.2, 0.25) is 0 Å². The van der Waals surface area contributed by atoms with Gasteiger partial charge in [-0.1, -0.05) is 34.1 Å². The topological polar surface area (TPSA) is 0 Å². The summed E-state index contributed by atoms with van der Waals surface area (Å²) >= 11 is 8.73. The third-order valence-electron chi connectivity index (χ3n) is 2.62. The molecule has 0 aliphatic rings. The Hall–Kier alpha value is -0.190. The van der Waals surface area contributed by atoms with Crippen LogP contribution in [0.15, 0.2) is 28.7 Å². The van der Waals surface area contributed by atoms with Gasteiger partial charge in [0.15, 0.2) is 0 Å². The Morgan fingerprint density at radius 1 is 1.29 bits per heavy atom. The fourth-order valence-electron chi connectivity index (χ4n) is 1.63. The molecule has 2 rings (SSSR count). The highest BCUT2D eigenvalue weighted by Gasteiger charge is 2.18. The average molecular weight is 378 g/mol. The zero-order valence-electron chi connectivity index (χ0n) is 9.43. The summed E-state index contributed by atoms with van der Waals surface area (Å²) in [7, 11) is 0. The molecular weight excluding hydrogens is 367 g/mol. The quantitative estimate of drug-likeness (QED) is 0.584. The summed E-state index contributed by atoms with van der Waals surface area (Å²) in [6.07, 6.45) is 0. The molecule has 0 aliphatic heterocycles. The zero-order valence-corrected chi connectivity index (χ0v) is 13.4. The fourth-order valence-corrected chi connectivity index (χ4v) is 3.95. The van der Waals surface area contributed by atoms with Gasteiger partial charge < -0.3 is 0 Å². The number of alkyl halides is 1. The Balaban J connectivity index is 2.43. The first-order chi connectivity index (χ1) is 8.00. The van der Waals surface area contributed by atoms with E-state index in [1.54, 1.807) is 24.3 Å². The van der Waals surface area contributed by atoms with Crippen molar-refractivity contribution in [2.75, 3.05) is 0 Å². The van der Waals surface area contributed by atoms with Gasteiger partial charge >= 0.3 is 0 Å². The lowest BCUT2D eigenvalue weighted by Crippen LogP contribution is -1.96. The van der Waals surface area contributed by atoms with E-state index in [1.165, 1.54) is 4.88 Å².